The fourth-order valence-electron chi connectivity index (χ4n) is 2.78. The summed E-state index contributed by atoms with van der Waals surface area (Å²) in [6, 6.07) is 9.32. The van der Waals surface area contributed by atoms with Gasteiger partial charge in [0.1, 0.15) is 0 Å². The number of hydrogen-bond donors (Lipinski definition) is 1. The predicted molar refractivity (Wildman–Crippen MR) is 82.5 cm³/mol. The zero-order valence-corrected chi connectivity index (χ0v) is 12.5. The molecule has 106 valence electrons. The minimum atomic E-state index is 0.460. The van der Waals surface area contributed by atoms with Crippen LogP contribution in [0.15, 0.2) is 24.3 Å². The van der Waals surface area contributed by atoms with Gasteiger partial charge >= 0.3 is 0 Å². The Morgan fingerprint density at radius 3 is 2.47 bits per heavy atom. The molecule has 1 aromatic rings. The molecule has 0 bridgehead atoms. The fraction of sp³-hybridized carbons (Fsp3) is 0.647. The summed E-state index contributed by atoms with van der Waals surface area (Å²) in [6.45, 7) is 9.40. The average Bonchev–Trinajstić information content (AvgIpc) is 2.45. The molecule has 1 aliphatic heterocycles. The lowest BCUT2D eigenvalue weighted by Crippen LogP contribution is -2.32. The van der Waals surface area contributed by atoms with E-state index in [0.29, 0.717) is 6.04 Å². The van der Waals surface area contributed by atoms with Gasteiger partial charge in [-0.2, -0.15) is 0 Å². The van der Waals surface area contributed by atoms with E-state index in [2.05, 4.69) is 48.3 Å². The molecule has 0 aliphatic carbocycles. The van der Waals surface area contributed by atoms with Crippen molar-refractivity contribution in [1.82, 2.24) is 10.2 Å². The zero-order chi connectivity index (χ0) is 13.5. The quantitative estimate of drug-likeness (QED) is 0.787. The van der Waals surface area contributed by atoms with Crippen molar-refractivity contribution in [2.24, 2.45) is 0 Å². The van der Waals surface area contributed by atoms with Gasteiger partial charge < -0.3 is 10.2 Å². The Morgan fingerprint density at radius 2 is 1.79 bits per heavy atom. The second-order valence-electron chi connectivity index (χ2n) is 5.84. The first-order chi connectivity index (χ1) is 9.25. The molecule has 0 saturated carbocycles. The summed E-state index contributed by atoms with van der Waals surface area (Å²) in [6.07, 6.45) is 5.48. The molecule has 1 N–H and O–H groups in total. The number of nitrogens with zero attached hydrogens (tertiary/aromatic N) is 1. The fourth-order valence-corrected chi connectivity index (χ4v) is 2.78. The molecular formula is C17H28N2. The number of likely N-dealkylation sites (tertiary alicyclic amines) is 1. The van der Waals surface area contributed by atoms with Crippen LogP contribution in [0.3, 0.4) is 0 Å². The molecule has 1 unspecified atom stereocenters. The maximum absolute atomic E-state index is 3.63. The number of rotatable bonds is 6. The first kappa shape index (κ1) is 14.5. The average molecular weight is 260 g/mol. The van der Waals surface area contributed by atoms with Crippen LogP contribution in [-0.2, 0) is 0 Å². The standard InChI is InChI=1S/C17H28N2/c1-15-7-9-17(10-8-15)16(2)18-11-6-14-19-12-4-3-5-13-19/h7-10,16,18H,3-6,11-14H2,1-2H3. The van der Waals surface area contributed by atoms with Crippen LogP contribution >= 0.6 is 0 Å². The van der Waals surface area contributed by atoms with Crippen LogP contribution in [0.5, 0.6) is 0 Å². The van der Waals surface area contributed by atoms with Crippen molar-refractivity contribution in [3.8, 4) is 0 Å². The monoisotopic (exact) mass is 260 g/mol. The maximum atomic E-state index is 3.63. The molecule has 2 rings (SSSR count). The molecule has 2 nitrogen and oxygen atoms in total. The van der Waals surface area contributed by atoms with E-state index in [-0.39, 0.29) is 0 Å². The summed E-state index contributed by atoms with van der Waals surface area (Å²) in [5, 5.41) is 3.63. The number of benzene rings is 1. The van der Waals surface area contributed by atoms with Gasteiger partial charge in [-0.05, 0) is 64.9 Å². The third kappa shape index (κ3) is 4.96. The summed E-state index contributed by atoms with van der Waals surface area (Å²) in [5.41, 5.74) is 2.73. The molecule has 1 aliphatic rings. The first-order valence-electron chi connectivity index (χ1n) is 7.78. The van der Waals surface area contributed by atoms with E-state index in [0.717, 1.165) is 6.54 Å². The van der Waals surface area contributed by atoms with Crippen LogP contribution in [0, 0.1) is 6.92 Å². The van der Waals surface area contributed by atoms with Crippen molar-refractivity contribution in [3.63, 3.8) is 0 Å². The van der Waals surface area contributed by atoms with E-state index in [4.69, 9.17) is 0 Å². The van der Waals surface area contributed by atoms with Gasteiger partial charge in [0, 0.05) is 6.04 Å². The van der Waals surface area contributed by atoms with Crippen LogP contribution in [-0.4, -0.2) is 31.1 Å². The Kier molecular flexibility index (Phi) is 5.87. The summed E-state index contributed by atoms with van der Waals surface area (Å²) in [7, 11) is 0. The lowest BCUT2D eigenvalue weighted by molar-refractivity contribution is 0.225. The van der Waals surface area contributed by atoms with Gasteiger partial charge in [0.2, 0.25) is 0 Å². The van der Waals surface area contributed by atoms with Crippen molar-refractivity contribution in [3.05, 3.63) is 35.4 Å². The van der Waals surface area contributed by atoms with E-state index >= 15 is 0 Å². The SMILES string of the molecule is Cc1ccc(C(C)NCCCN2CCCCC2)cc1. The molecule has 0 aromatic heterocycles. The zero-order valence-electron chi connectivity index (χ0n) is 12.5. The van der Waals surface area contributed by atoms with Crippen LogP contribution in [0.1, 0.15) is 49.8 Å². The van der Waals surface area contributed by atoms with E-state index < -0.39 is 0 Å². The number of nitrogens with one attached hydrogen (secondary N) is 1. The predicted octanol–water partition coefficient (Wildman–Crippen LogP) is 3.52. The third-order valence-electron chi connectivity index (χ3n) is 4.13. The van der Waals surface area contributed by atoms with E-state index in [1.807, 2.05) is 0 Å². The molecule has 1 saturated heterocycles. The highest BCUT2D eigenvalue weighted by Gasteiger charge is 2.09. The molecular weight excluding hydrogens is 232 g/mol. The van der Waals surface area contributed by atoms with Gasteiger partial charge in [-0.15, -0.1) is 0 Å². The van der Waals surface area contributed by atoms with Gasteiger partial charge in [-0.3, -0.25) is 0 Å². The largest absolute Gasteiger partial charge is 0.310 e. The molecule has 1 heterocycles. The third-order valence-corrected chi connectivity index (χ3v) is 4.13. The van der Waals surface area contributed by atoms with Gasteiger partial charge in [-0.1, -0.05) is 36.2 Å². The Labute approximate surface area is 118 Å². The van der Waals surface area contributed by atoms with Gasteiger partial charge in [0.15, 0.2) is 0 Å². The van der Waals surface area contributed by atoms with E-state index in [1.165, 1.54) is 56.4 Å². The van der Waals surface area contributed by atoms with Crippen LogP contribution in [0.4, 0.5) is 0 Å². The Hall–Kier alpha value is -0.860. The molecule has 2 heteroatoms. The minimum absolute atomic E-state index is 0.460. The smallest absolute Gasteiger partial charge is 0.0291 e. The van der Waals surface area contributed by atoms with Crippen molar-refractivity contribution in [1.29, 1.82) is 0 Å². The summed E-state index contributed by atoms with van der Waals surface area (Å²) in [4.78, 5) is 2.61. The molecule has 1 aromatic carbocycles. The Bertz CT molecular complexity index is 352. The van der Waals surface area contributed by atoms with Crippen molar-refractivity contribution < 1.29 is 0 Å². The molecule has 19 heavy (non-hydrogen) atoms. The number of aryl methyl sites for hydroxylation is 1. The van der Waals surface area contributed by atoms with E-state index in [1.54, 1.807) is 0 Å². The highest BCUT2D eigenvalue weighted by molar-refractivity contribution is 5.23. The van der Waals surface area contributed by atoms with Crippen molar-refractivity contribution in [2.75, 3.05) is 26.2 Å². The van der Waals surface area contributed by atoms with Gasteiger partial charge in [0.25, 0.3) is 0 Å². The van der Waals surface area contributed by atoms with Crippen LogP contribution in [0.2, 0.25) is 0 Å². The summed E-state index contributed by atoms with van der Waals surface area (Å²) < 4.78 is 0. The minimum Gasteiger partial charge on any atom is -0.310 e. The topological polar surface area (TPSA) is 15.3 Å². The van der Waals surface area contributed by atoms with E-state index in [9.17, 15) is 0 Å². The Balaban J connectivity index is 1.63. The molecule has 0 spiro atoms. The highest BCUT2D eigenvalue weighted by Crippen LogP contribution is 2.13. The van der Waals surface area contributed by atoms with Crippen LogP contribution in [0.25, 0.3) is 0 Å². The molecule has 0 radical (unpaired) electrons. The first-order valence-corrected chi connectivity index (χ1v) is 7.78. The lowest BCUT2D eigenvalue weighted by atomic mass is 10.1. The highest BCUT2D eigenvalue weighted by atomic mass is 15.1. The molecule has 0 amide bonds. The van der Waals surface area contributed by atoms with Crippen LogP contribution < -0.4 is 5.32 Å². The normalized spacial score (nSPS) is 18.4. The van der Waals surface area contributed by atoms with Crippen molar-refractivity contribution >= 4 is 0 Å². The second kappa shape index (κ2) is 7.66. The Morgan fingerprint density at radius 1 is 1.11 bits per heavy atom. The molecule has 1 atom stereocenters. The number of hydrogen-bond acceptors (Lipinski definition) is 2. The summed E-state index contributed by atoms with van der Waals surface area (Å²) >= 11 is 0. The maximum Gasteiger partial charge on any atom is 0.0291 e. The lowest BCUT2D eigenvalue weighted by Gasteiger charge is -2.26. The summed E-state index contributed by atoms with van der Waals surface area (Å²) in [5.74, 6) is 0. The van der Waals surface area contributed by atoms with Gasteiger partial charge in [-0.25, -0.2) is 0 Å². The van der Waals surface area contributed by atoms with Gasteiger partial charge in [0.05, 0.1) is 0 Å². The number of piperidine rings is 1. The second-order valence-corrected chi connectivity index (χ2v) is 5.84. The molecule has 1 fully saturated rings. The van der Waals surface area contributed by atoms with Crippen molar-refractivity contribution in [2.45, 2.75) is 45.6 Å².